The van der Waals surface area contributed by atoms with Gasteiger partial charge in [-0.3, -0.25) is 4.98 Å². The molecule has 16 heavy (non-hydrogen) atoms. The highest BCUT2D eigenvalue weighted by Gasteiger charge is 2.23. The maximum Gasteiger partial charge on any atom is 0.0403 e. The van der Waals surface area contributed by atoms with Crippen molar-refractivity contribution < 1.29 is 0 Å². The summed E-state index contributed by atoms with van der Waals surface area (Å²) in [6.45, 7) is 2.89. The highest BCUT2D eigenvalue weighted by Crippen LogP contribution is 2.27. The van der Waals surface area contributed by atoms with Gasteiger partial charge in [0.2, 0.25) is 0 Å². The van der Waals surface area contributed by atoms with Crippen molar-refractivity contribution in [3.8, 4) is 0 Å². The van der Waals surface area contributed by atoms with E-state index in [4.69, 9.17) is 5.73 Å². The Bertz CT molecular complexity index is 338. The smallest absolute Gasteiger partial charge is 0.0403 e. The van der Waals surface area contributed by atoms with Crippen LogP contribution in [-0.4, -0.2) is 17.6 Å². The molecule has 0 saturated heterocycles. The largest absolute Gasteiger partial charge is 0.382 e. The minimum absolute atomic E-state index is 0.542. The lowest BCUT2D eigenvalue weighted by atomic mass is 9.84. The van der Waals surface area contributed by atoms with Crippen LogP contribution in [0.5, 0.6) is 0 Å². The number of nitrogens with zero attached hydrogens (tertiary/aromatic N) is 1. The van der Waals surface area contributed by atoms with Gasteiger partial charge >= 0.3 is 0 Å². The molecule has 3 nitrogen and oxygen atoms in total. The molecule has 1 saturated carbocycles. The van der Waals surface area contributed by atoms with Crippen LogP contribution >= 0.6 is 0 Å². The molecular weight excluding hydrogens is 198 g/mol. The molecule has 0 radical (unpaired) electrons. The Balaban J connectivity index is 2.05. The second kappa shape index (κ2) is 5.30. The number of rotatable bonds is 3. The maximum atomic E-state index is 5.83. The molecule has 1 aromatic heterocycles. The summed E-state index contributed by atoms with van der Waals surface area (Å²) in [5, 5.41) is 3.63. The topological polar surface area (TPSA) is 50.9 Å². The van der Waals surface area contributed by atoms with E-state index in [1.807, 2.05) is 12.4 Å². The summed E-state index contributed by atoms with van der Waals surface area (Å²) in [4.78, 5) is 4.11. The van der Waals surface area contributed by atoms with Crippen molar-refractivity contribution in [1.82, 2.24) is 4.98 Å². The summed E-state index contributed by atoms with van der Waals surface area (Å²) in [6, 6.07) is 2.59. The SMILES string of the molecule is Cc1cnccc1NC1CCCCC1CN. The van der Waals surface area contributed by atoms with Crippen LogP contribution in [0.3, 0.4) is 0 Å². The molecule has 1 fully saturated rings. The molecule has 0 amide bonds. The Hall–Kier alpha value is -1.09. The van der Waals surface area contributed by atoms with E-state index in [-0.39, 0.29) is 0 Å². The van der Waals surface area contributed by atoms with Crippen molar-refractivity contribution in [3.63, 3.8) is 0 Å². The minimum Gasteiger partial charge on any atom is -0.382 e. The van der Waals surface area contributed by atoms with Gasteiger partial charge in [0.1, 0.15) is 0 Å². The van der Waals surface area contributed by atoms with E-state index in [0.29, 0.717) is 12.0 Å². The molecule has 2 atom stereocenters. The number of pyridine rings is 1. The zero-order chi connectivity index (χ0) is 11.4. The summed E-state index contributed by atoms with van der Waals surface area (Å²) in [5.41, 5.74) is 8.25. The Morgan fingerprint density at radius 1 is 1.44 bits per heavy atom. The summed E-state index contributed by atoms with van der Waals surface area (Å²) >= 11 is 0. The first-order valence-corrected chi connectivity index (χ1v) is 6.18. The molecule has 3 N–H and O–H groups in total. The van der Waals surface area contributed by atoms with E-state index in [2.05, 4.69) is 23.3 Å². The fourth-order valence-corrected chi connectivity index (χ4v) is 2.51. The van der Waals surface area contributed by atoms with Gasteiger partial charge in [0, 0.05) is 24.1 Å². The monoisotopic (exact) mass is 219 g/mol. The van der Waals surface area contributed by atoms with Gasteiger partial charge in [-0.15, -0.1) is 0 Å². The summed E-state index contributed by atoms with van der Waals surface area (Å²) < 4.78 is 0. The first-order valence-electron chi connectivity index (χ1n) is 6.18. The third-order valence-electron chi connectivity index (χ3n) is 3.57. The van der Waals surface area contributed by atoms with Crippen LogP contribution in [0.4, 0.5) is 5.69 Å². The Kier molecular flexibility index (Phi) is 3.78. The number of aromatic nitrogens is 1. The first kappa shape index (κ1) is 11.4. The molecular formula is C13H21N3. The zero-order valence-electron chi connectivity index (χ0n) is 9.95. The third-order valence-corrected chi connectivity index (χ3v) is 3.57. The second-order valence-corrected chi connectivity index (χ2v) is 4.72. The molecule has 1 aromatic rings. The van der Waals surface area contributed by atoms with Crippen LogP contribution in [0.2, 0.25) is 0 Å². The van der Waals surface area contributed by atoms with Gasteiger partial charge in [0.05, 0.1) is 0 Å². The van der Waals surface area contributed by atoms with Crippen molar-refractivity contribution in [2.45, 2.75) is 38.6 Å². The molecule has 1 heterocycles. The number of nitrogens with two attached hydrogens (primary N) is 1. The van der Waals surface area contributed by atoms with E-state index < -0.39 is 0 Å². The standard InChI is InChI=1S/C13H21N3/c1-10-9-15-7-6-12(10)16-13-5-3-2-4-11(13)8-14/h6-7,9,11,13H,2-5,8,14H2,1H3,(H,15,16). The van der Waals surface area contributed by atoms with Crippen LogP contribution < -0.4 is 11.1 Å². The number of hydrogen-bond donors (Lipinski definition) is 2. The first-order chi connectivity index (χ1) is 7.81. The van der Waals surface area contributed by atoms with E-state index in [0.717, 1.165) is 6.54 Å². The lowest BCUT2D eigenvalue weighted by Crippen LogP contribution is -2.36. The van der Waals surface area contributed by atoms with Crippen LogP contribution in [0, 0.1) is 12.8 Å². The molecule has 0 spiro atoms. The summed E-state index contributed by atoms with van der Waals surface area (Å²) in [7, 11) is 0. The van der Waals surface area contributed by atoms with Crippen LogP contribution in [-0.2, 0) is 0 Å². The molecule has 2 unspecified atom stereocenters. The minimum atomic E-state index is 0.542. The molecule has 0 aromatic carbocycles. The van der Waals surface area contributed by atoms with E-state index in [1.165, 1.54) is 36.9 Å². The van der Waals surface area contributed by atoms with Gasteiger partial charge in [-0.25, -0.2) is 0 Å². The zero-order valence-corrected chi connectivity index (χ0v) is 9.95. The quantitative estimate of drug-likeness (QED) is 0.820. The number of aryl methyl sites for hydroxylation is 1. The van der Waals surface area contributed by atoms with E-state index in [1.54, 1.807) is 0 Å². The maximum absolute atomic E-state index is 5.83. The van der Waals surface area contributed by atoms with Crippen molar-refractivity contribution in [2.75, 3.05) is 11.9 Å². The molecule has 88 valence electrons. The normalized spacial score (nSPS) is 25.4. The van der Waals surface area contributed by atoms with Crippen LogP contribution in [0.1, 0.15) is 31.2 Å². The average molecular weight is 219 g/mol. The lowest BCUT2D eigenvalue weighted by Gasteiger charge is -2.32. The van der Waals surface area contributed by atoms with Crippen molar-refractivity contribution in [2.24, 2.45) is 11.7 Å². The number of nitrogens with one attached hydrogen (secondary N) is 1. The lowest BCUT2D eigenvalue weighted by molar-refractivity contribution is 0.332. The molecule has 0 bridgehead atoms. The molecule has 1 aliphatic rings. The van der Waals surface area contributed by atoms with Gasteiger partial charge in [0.15, 0.2) is 0 Å². The second-order valence-electron chi connectivity index (χ2n) is 4.72. The van der Waals surface area contributed by atoms with Gasteiger partial charge in [-0.1, -0.05) is 12.8 Å². The predicted molar refractivity (Wildman–Crippen MR) is 67.4 cm³/mol. The van der Waals surface area contributed by atoms with Crippen LogP contribution in [0.25, 0.3) is 0 Å². The highest BCUT2D eigenvalue weighted by molar-refractivity contribution is 5.49. The summed E-state index contributed by atoms with van der Waals surface area (Å²) in [5.74, 6) is 0.626. The molecule has 2 rings (SSSR count). The Labute approximate surface area is 97.5 Å². The summed E-state index contributed by atoms with van der Waals surface area (Å²) in [6.07, 6.45) is 8.90. The Morgan fingerprint density at radius 2 is 2.25 bits per heavy atom. The predicted octanol–water partition coefficient (Wildman–Crippen LogP) is 2.32. The van der Waals surface area contributed by atoms with Crippen molar-refractivity contribution >= 4 is 5.69 Å². The molecule has 0 aliphatic heterocycles. The third kappa shape index (κ3) is 2.53. The van der Waals surface area contributed by atoms with Gasteiger partial charge in [-0.2, -0.15) is 0 Å². The van der Waals surface area contributed by atoms with E-state index in [9.17, 15) is 0 Å². The highest BCUT2D eigenvalue weighted by atomic mass is 14.9. The van der Waals surface area contributed by atoms with Gasteiger partial charge in [0.25, 0.3) is 0 Å². The average Bonchev–Trinajstić information content (AvgIpc) is 2.33. The Morgan fingerprint density at radius 3 is 3.00 bits per heavy atom. The molecule has 3 heteroatoms. The van der Waals surface area contributed by atoms with Crippen molar-refractivity contribution in [1.29, 1.82) is 0 Å². The van der Waals surface area contributed by atoms with Gasteiger partial charge in [-0.05, 0) is 43.9 Å². The number of hydrogen-bond acceptors (Lipinski definition) is 3. The fourth-order valence-electron chi connectivity index (χ4n) is 2.51. The molecule has 1 aliphatic carbocycles. The fraction of sp³-hybridized carbons (Fsp3) is 0.615. The van der Waals surface area contributed by atoms with Crippen molar-refractivity contribution in [3.05, 3.63) is 24.0 Å². The van der Waals surface area contributed by atoms with Crippen LogP contribution in [0.15, 0.2) is 18.5 Å². The number of anilines is 1. The van der Waals surface area contributed by atoms with Gasteiger partial charge < -0.3 is 11.1 Å². The van der Waals surface area contributed by atoms with E-state index >= 15 is 0 Å².